The van der Waals surface area contributed by atoms with Gasteiger partial charge in [0.05, 0.1) is 61.7 Å². The molecule has 0 aliphatic carbocycles. The quantitative estimate of drug-likeness (QED) is 0.185. The van der Waals surface area contributed by atoms with Crippen LogP contribution in [0.3, 0.4) is 0 Å². The molecule has 36 heavy (non-hydrogen) atoms. The summed E-state index contributed by atoms with van der Waals surface area (Å²) in [7, 11) is 6.28. The lowest BCUT2D eigenvalue weighted by atomic mass is 9.85. The molecule has 1 atom stereocenters. The summed E-state index contributed by atoms with van der Waals surface area (Å²) in [6, 6.07) is -0.767. The first kappa shape index (κ1) is 33.2. The third-order valence-corrected chi connectivity index (χ3v) is 5.35. The molecule has 0 bridgehead atoms. The van der Waals surface area contributed by atoms with Gasteiger partial charge in [-0.15, -0.1) is 0 Å². The summed E-state index contributed by atoms with van der Waals surface area (Å²) >= 11 is 0. The smallest absolute Gasteiger partial charge is 0.323 e. The Morgan fingerprint density at radius 2 is 0.917 bits per heavy atom. The lowest BCUT2D eigenvalue weighted by molar-refractivity contribution is -0.155. The summed E-state index contributed by atoms with van der Waals surface area (Å²) in [5.74, 6) is -2.60. The Kier molecular flexibility index (Phi) is 15.5. The number of hydrogen-bond donors (Lipinski definition) is 0. The molecule has 1 unspecified atom stereocenters. The monoisotopic (exact) mass is 519 g/mol. The number of nitrogens with zero attached hydrogens (tertiary/aromatic N) is 3. The number of methoxy groups -OCH3 is 5. The zero-order chi connectivity index (χ0) is 27.9. The summed E-state index contributed by atoms with van der Waals surface area (Å²) in [5.41, 5.74) is -0.577. The van der Waals surface area contributed by atoms with Gasteiger partial charge in [-0.3, -0.25) is 38.7 Å². The Labute approximate surface area is 212 Å². The zero-order valence-corrected chi connectivity index (χ0v) is 22.7. The summed E-state index contributed by atoms with van der Waals surface area (Å²) in [6.07, 6.45) is 0. The molecule has 13 heteroatoms. The molecular formula is C23H41N3O10. The Hall–Kier alpha value is -2.77. The van der Waals surface area contributed by atoms with Crippen molar-refractivity contribution in [1.29, 1.82) is 0 Å². The maximum absolute atomic E-state index is 12.6. The van der Waals surface area contributed by atoms with E-state index in [2.05, 4.69) is 9.47 Å². The predicted octanol–water partition coefficient (Wildman–Crippen LogP) is -0.828. The number of rotatable bonds is 16. The van der Waals surface area contributed by atoms with Gasteiger partial charge >= 0.3 is 29.8 Å². The maximum Gasteiger partial charge on any atom is 0.323 e. The zero-order valence-electron chi connectivity index (χ0n) is 22.7. The van der Waals surface area contributed by atoms with Gasteiger partial charge < -0.3 is 23.7 Å². The Morgan fingerprint density at radius 1 is 0.556 bits per heavy atom. The molecule has 0 saturated heterocycles. The van der Waals surface area contributed by atoms with E-state index in [1.807, 2.05) is 20.8 Å². The molecule has 0 aliphatic heterocycles. The van der Waals surface area contributed by atoms with Crippen molar-refractivity contribution in [1.82, 2.24) is 14.7 Å². The van der Waals surface area contributed by atoms with Gasteiger partial charge in [0.2, 0.25) is 0 Å². The van der Waals surface area contributed by atoms with Crippen molar-refractivity contribution in [3.8, 4) is 0 Å². The van der Waals surface area contributed by atoms with Crippen molar-refractivity contribution < 1.29 is 47.7 Å². The van der Waals surface area contributed by atoms with E-state index in [0.29, 0.717) is 0 Å². The van der Waals surface area contributed by atoms with E-state index < -0.39 is 41.3 Å². The largest absolute Gasteiger partial charge is 0.468 e. The molecule has 0 heterocycles. The Bertz CT molecular complexity index is 720. The molecule has 0 N–H and O–H groups in total. The van der Waals surface area contributed by atoms with Crippen LogP contribution >= 0.6 is 0 Å². The molecule has 0 amide bonds. The molecule has 208 valence electrons. The molecule has 0 aromatic heterocycles. The molecule has 0 aromatic rings. The lowest BCUT2D eigenvalue weighted by Crippen LogP contribution is -2.54. The van der Waals surface area contributed by atoms with E-state index in [9.17, 15) is 24.0 Å². The van der Waals surface area contributed by atoms with Crippen LogP contribution in [0, 0.1) is 5.41 Å². The minimum absolute atomic E-state index is 0.0920. The second-order valence-electron chi connectivity index (χ2n) is 9.05. The van der Waals surface area contributed by atoms with E-state index in [-0.39, 0.29) is 52.4 Å². The topological polar surface area (TPSA) is 141 Å². The lowest BCUT2D eigenvalue weighted by Gasteiger charge is -2.38. The van der Waals surface area contributed by atoms with Crippen LogP contribution in [0.4, 0.5) is 0 Å². The number of ether oxygens (including phenoxy) is 5. The van der Waals surface area contributed by atoms with E-state index >= 15 is 0 Å². The predicted molar refractivity (Wildman–Crippen MR) is 128 cm³/mol. The van der Waals surface area contributed by atoms with Crippen LogP contribution in [-0.4, -0.2) is 138 Å². The standard InChI is InChI=1S/C23H41N3O10/c1-23(2,3)21(22(31)36-8)26(16-20(30)35-7)12-11-24(13-17(27)32-4)9-10-25(14-18(28)33-5)15-19(29)34-6/h21H,9-16H2,1-8H3. The van der Waals surface area contributed by atoms with Gasteiger partial charge in [-0.1, -0.05) is 20.8 Å². The van der Waals surface area contributed by atoms with Crippen molar-refractivity contribution >= 4 is 29.8 Å². The van der Waals surface area contributed by atoms with Gasteiger partial charge in [-0.2, -0.15) is 0 Å². The molecule has 0 rings (SSSR count). The van der Waals surface area contributed by atoms with Crippen molar-refractivity contribution in [3.63, 3.8) is 0 Å². The van der Waals surface area contributed by atoms with Gasteiger partial charge in [-0.25, -0.2) is 0 Å². The summed E-state index contributed by atoms with van der Waals surface area (Å²) in [5, 5.41) is 0. The number of carbonyl (C=O) groups is 5. The average molecular weight is 520 g/mol. The summed E-state index contributed by atoms with van der Waals surface area (Å²) < 4.78 is 24.0. The highest BCUT2D eigenvalue weighted by molar-refractivity contribution is 5.78. The molecule has 0 spiro atoms. The summed E-state index contributed by atoms with van der Waals surface area (Å²) in [6.45, 7) is 5.92. The normalized spacial score (nSPS) is 12.3. The van der Waals surface area contributed by atoms with Gasteiger partial charge in [0.15, 0.2) is 0 Å². The van der Waals surface area contributed by atoms with Gasteiger partial charge in [0.25, 0.3) is 0 Å². The first-order valence-electron chi connectivity index (χ1n) is 11.4. The second kappa shape index (κ2) is 16.8. The SMILES string of the molecule is COC(=O)CN(CCN(CC(=O)OC)CC(=O)OC)CCN(CC(=O)OC)C(C(=O)OC)C(C)(C)C. The van der Waals surface area contributed by atoms with Crippen molar-refractivity contribution in [2.24, 2.45) is 5.41 Å². The van der Waals surface area contributed by atoms with Gasteiger partial charge in [0.1, 0.15) is 6.04 Å². The molecule has 13 nitrogen and oxygen atoms in total. The van der Waals surface area contributed by atoms with Crippen LogP contribution in [0.1, 0.15) is 20.8 Å². The number of esters is 5. The van der Waals surface area contributed by atoms with Crippen LogP contribution in [0.15, 0.2) is 0 Å². The first-order valence-corrected chi connectivity index (χ1v) is 11.4. The molecular weight excluding hydrogens is 478 g/mol. The fourth-order valence-corrected chi connectivity index (χ4v) is 3.47. The van der Waals surface area contributed by atoms with Gasteiger partial charge in [0, 0.05) is 26.2 Å². The average Bonchev–Trinajstić information content (AvgIpc) is 2.83. The minimum Gasteiger partial charge on any atom is -0.468 e. The van der Waals surface area contributed by atoms with Crippen LogP contribution in [0.25, 0.3) is 0 Å². The van der Waals surface area contributed by atoms with E-state index in [1.54, 1.807) is 9.80 Å². The molecule has 0 aliphatic rings. The second-order valence-corrected chi connectivity index (χ2v) is 9.05. The Balaban J connectivity index is 5.72. The Morgan fingerprint density at radius 3 is 1.31 bits per heavy atom. The van der Waals surface area contributed by atoms with Gasteiger partial charge in [-0.05, 0) is 5.41 Å². The van der Waals surface area contributed by atoms with Crippen molar-refractivity contribution in [2.45, 2.75) is 26.8 Å². The molecule has 0 fully saturated rings. The third kappa shape index (κ3) is 12.8. The molecule has 0 aromatic carbocycles. The third-order valence-electron chi connectivity index (χ3n) is 5.35. The molecule has 0 radical (unpaired) electrons. The summed E-state index contributed by atoms with van der Waals surface area (Å²) in [4.78, 5) is 65.2. The van der Waals surface area contributed by atoms with E-state index in [4.69, 9.17) is 14.2 Å². The highest BCUT2D eigenvalue weighted by Gasteiger charge is 2.38. The van der Waals surface area contributed by atoms with Crippen molar-refractivity contribution in [2.75, 3.05) is 87.9 Å². The minimum atomic E-state index is -0.767. The van der Waals surface area contributed by atoms with Crippen LogP contribution in [-0.2, 0) is 47.7 Å². The highest BCUT2D eigenvalue weighted by Crippen LogP contribution is 2.25. The molecule has 0 saturated carbocycles. The van der Waals surface area contributed by atoms with Crippen molar-refractivity contribution in [3.05, 3.63) is 0 Å². The fourth-order valence-electron chi connectivity index (χ4n) is 3.47. The number of hydrogen-bond acceptors (Lipinski definition) is 13. The highest BCUT2D eigenvalue weighted by atomic mass is 16.5. The maximum atomic E-state index is 12.6. The van der Waals surface area contributed by atoms with Crippen LogP contribution < -0.4 is 0 Å². The first-order chi connectivity index (χ1) is 16.8. The van der Waals surface area contributed by atoms with E-state index in [1.165, 1.54) is 40.4 Å². The fraction of sp³-hybridized carbons (Fsp3) is 0.783. The van der Waals surface area contributed by atoms with Crippen LogP contribution in [0.5, 0.6) is 0 Å². The van der Waals surface area contributed by atoms with E-state index in [0.717, 1.165) is 0 Å². The number of carbonyl (C=O) groups excluding carboxylic acids is 5. The van der Waals surface area contributed by atoms with Crippen LogP contribution in [0.2, 0.25) is 0 Å².